The van der Waals surface area contributed by atoms with Crippen LogP contribution in [-0.2, 0) is 16.2 Å². The molecule has 2 aromatic heterocycles. The fraction of sp³-hybridized carbons (Fsp3) is 0.0435. The van der Waals surface area contributed by atoms with Crippen molar-refractivity contribution in [3.8, 4) is 22.8 Å². The highest BCUT2D eigenvalue weighted by atomic mass is 32.2. The van der Waals surface area contributed by atoms with Gasteiger partial charge in [-0.15, -0.1) is 0 Å². The Bertz CT molecular complexity index is 1430. The van der Waals surface area contributed by atoms with Gasteiger partial charge in [-0.05, 0) is 48.5 Å². The average Bonchev–Trinajstić information content (AvgIpc) is 2.79. The van der Waals surface area contributed by atoms with Crippen LogP contribution < -0.4 is 9.46 Å². The number of pyridine rings is 2. The first-order chi connectivity index (χ1) is 16.1. The Kier molecular flexibility index (Phi) is 6.20. The van der Waals surface area contributed by atoms with Gasteiger partial charge in [-0.3, -0.25) is 4.72 Å². The van der Waals surface area contributed by atoms with Crippen molar-refractivity contribution in [2.24, 2.45) is 0 Å². The first-order valence-electron chi connectivity index (χ1n) is 9.69. The van der Waals surface area contributed by atoms with E-state index in [2.05, 4.69) is 9.97 Å². The van der Waals surface area contributed by atoms with Crippen LogP contribution in [0.5, 0.6) is 11.5 Å². The highest BCUT2D eigenvalue weighted by Gasteiger charge is 2.35. The van der Waals surface area contributed by atoms with Crippen LogP contribution in [0.4, 0.5) is 23.4 Å². The summed E-state index contributed by atoms with van der Waals surface area (Å²) in [7, 11) is -4.42. The molecular weight excluding hydrogens is 474 g/mol. The molecule has 0 saturated heterocycles. The van der Waals surface area contributed by atoms with Gasteiger partial charge < -0.3 is 4.74 Å². The van der Waals surface area contributed by atoms with Gasteiger partial charge in [-0.1, -0.05) is 36.4 Å². The predicted octanol–water partition coefficient (Wildman–Crippen LogP) is 5.89. The minimum absolute atomic E-state index is 0.0105. The van der Waals surface area contributed by atoms with Gasteiger partial charge in [0, 0.05) is 5.56 Å². The van der Waals surface area contributed by atoms with Crippen LogP contribution >= 0.6 is 0 Å². The average molecular weight is 489 g/mol. The number of halogens is 4. The summed E-state index contributed by atoms with van der Waals surface area (Å²) in [5.74, 6) is -0.976. The molecule has 0 aliphatic carbocycles. The molecule has 0 spiro atoms. The molecule has 0 saturated carbocycles. The van der Waals surface area contributed by atoms with Crippen molar-refractivity contribution in [2.45, 2.75) is 11.2 Å². The summed E-state index contributed by atoms with van der Waals surface area (Å²) < 4.78 is 87.7. The molecule has 0 radical (unpaired) electrons. The highest BCUT2D eigenvalue weighted by molar-refractivity contribution is 7.92. The summed E-state index contributed by atoms with van der Waals surface area (Å²) in [4.78, 5) is 7.23. The second-order valence-corrected chi connectivity index (χ2v) is 8.54. The Hall–Kier alpha value is -3.99. The lowest BCUT2D eigenvalue weighted by Crippen LogP contribution is -2.17. The van der Waals surface area contributed by atoms with Crippen molar-refractivity contribution in [1.82, 2.24) is 9.97 Å². The molecule has 34 heavy (non-hydrogen) atoms. The van der Waals surface area contributed by atoms with Crippen molar-refractivity contribution >= 4 is 15.8 Å². The molecular formula is C23H15F4N3O3S. The van der Waals surface area contributed by atoms with Crippen LogP contribution in [0.3, 0.4) is 0 Å². The molecule has 1 N–H and O–H groups in total. The second kappa shape index (κ2) is 9.10. The summed E-state index contributed by atoms with van der Waals surface area (Å²) in [6.07, 6.45) is -4.79. The first-order valence-corrected chi connectivity index (χ1v) is 11.2. The first kappa shape index (κ1) is 23.2. The van der Waals surface area contributed by atoms with E-state index in [0.29, 0.717) is 11.8 Å². The summed E-state index contributed by atoms with van der Waals surface area (Å²) >= 11 is 0. The number of hydrogen-bond donors (Lipinski definition) is 1. The molecule has 0 unspecified atom stereocenters. The number of hydrogen-bond acceptors (Lipinski definition) is 5. The third-order valence-electron chi connectivity index (χ3n) is 4.52. The van der Waals surface area contributed by atoms with E-state index in [-0.39, 0.29) is 11.3 Å². The van der Waals surface area contributed by atoms with Crippen LogP contribution in [0, 0.1) is 5.95 Å². The molecule has 0 fully saturated rings. The quantitative estimate of drug-likeness (QED) is 0.270. The number of para-hydroxylation sites is 2. The van der Waals surface area contributed by atoms with E-state index < -0.39 is 44.2 Å². The van der Waals surface area contributed by atoms with Gasteiger partial charge in [0.15, 0.2) is 5.03 Å². The zero-order chi connectivity index (χ0) is 24.3. The van der Waals surface area contributed by atoms with Gasteiger partial charge in [0.2, 0.25) is 5.95 Å². The molecule has 4 aromatic rings. The number of alkyl halides is 3. The fourth-order valence-corrected chi connectivity index (χ4v) is 4.00. The second-order valence-electron chi connectivity index (χ2n) is 6.91. The lowest BCUT2D eigenvalue weighted by atomic mass is 10.0. The van der Waals surface area contributed by atoms with Gasteiger partial charge in [-0.25, -0.2) is 9.97 Å². The van der Waals surface area contributed by atoms with E-state index in [1.54, 1.807) is 36.4 Å². The summed E-state index contributed by atoms with van der Waals surface area (Å²) in [6, 6.07) is 19.1. The lowest BCUT2D eigenvalue weighted by molar-refractivity contribution is -0.137. The highest BCUT2D eigenvalue weighted by Crippen LogP contribution is 2.41. The molecule has 6 nitrogen and oxygen atoms in total. The van der Waals surface area contributed by atoms with Crippen LogP contribution in [-0.4, -0.2) is 18.4 Å². The normalized spacial score (nSPS) is 11.8. The smallest absolute Gasteiger partial charge is 0.418 e. The topological polar surface area (TPSA) is 81.2 Å². The Morgan fingerprint density at radius 3 is 2.21 bits per heavy atom. The van der Waals surface area contributed by atoms with Gasteiger partial charge in [0.05, 0.1) is 11.3 Å². The number of nitrogens with one attached hydrogen (secondary N) is 1. The Balaban J connectivity index is 1.79. The summed E-state index contributed by atoms with van der Waals surface area (Å²) in [5.41, 5.74) is -1.65. The third kappa shape index (κ3) is 5.15. The minimum Gasteiger partial charge on any atom is -0.457 e. The molecule has 174 valence electrons. The molecule has 0 amide bonds. The fourth-order valence-electron chi connectivity index (χ4n) is 3.05. The Morgan fingerprint density at radius 2 is 1.50 bits per heavy atom. The summed E-state index contributed by atoms with van der Waals surface area (Å²) in [5, 5.41) is -0.649. The Morgan fingerprint density at radius 1 is 0.794 bits per heavy atom. The van der Waals surface area contributed by atoms with Gasteiger partial charge in [-0.2, -0.15) is 26.0 Å². The maximum atomic E-state index is 13.8. The number of benzene rings is 2. The predicted molar refractivity (Wildman–Crippen MR) is 116 cm³/mol. The monoisotopic (exact) mass is 489 g/mol. The number of sulfonamides is 1. The molecule has 4 rings (SSSR count). The van der Waals surface area contributed by atoms with E-state index in [4.69, 9.17) is 4.74 Å². The van der Waals surface area contributed by atoms with Crippen LogP contribution in [0.1, 0.15) is 5.56 Å². The number of ether oxygens (including phenoxy) is 1. The molecule has 2 aromatic carbocycles. The lowest BCUT2D eigenvalue weighted by Gasteiger charge is -2.17. The zero-order valence-electron chi connectivity index (χ0n) is 17.1. The van der Waals surface area contributed by atoms with E-state index in [1.807, 2.05) is 4.72 Å². The van der Waals surface area contributed by atoms with Crippen LogP contribution in [0.2, 0.25) is 0 Å². The van der Waals surface area contributed by atoms with Crippen molar-refractivity contribution in [3.63, 3.8) is 0 Å². The van der Waals surface area contributed by atoms with Crippen molar-refractivity contribution < 1.29 is 30.7 Å². The van der Waals surface area contributed by atoms with Crippen molar-refractivity contribution in [1.29, 1.82) is 0 Å². The van der Waals surface area contributed by atoms with Gasteiger partial charge in [0.25, 0.3) is 10.0 Å². The molecule has 11 heteroatoms. The number of rotatable bonds is 6. The molecule has 0 aliphatic rings. The Labute approximate surface area is 191 Å². The summed E-state index contributed by atoms with van der Waals surface area (Å²) in [6.45, 7) is 0. The molecule has 0 bridgehead atoms. The van der Waals surface area contributed by atoms with E-state index in [9.17, 15) is 26.0 Å². The van der Waals surface area contributed by atoms with E-state index in [0.717, 1.165) is 24.3 Å². The number of nitrogens with zero attached hydrogens (tertiary/aromatic N) is 2. The largest absolute Gasteiger partial charge is 0.457 e. The van der Waals surface area contributed by atoms with Crippen LogP contribution in [0.15, 0.2) is 90.0 Å². The minimum atomic E-state index is -4.79. The van der Waals surface area contributed by atoms with E-state index >= 15 is 0 Å². The molecule has 0 aliphatic heterocycles. The zero-order valence-corrected chi connectivity index (χ0v) is 17.9. The third-order valence-corrected chi connectivity index (χ3v) is 5.77. The number of aromatic nitrogens is 2. The van der Waals surface area contributed by atoms with Crippen LogP contribution in [0.25, 0.3) is 11.3 Å². The van der Waals surface area contributed by atoms with E-state index in [1.165, 1.54) is 18.2 Å². The maximum absolute atomic E-state index is 13.8. The molecule has 2 heterocycles. The maximum Gasteiger partial charge on any atom is 0.418 e. The van der Waals surface area contributed by atoms with Gasteiger partial charge in [0.1, 0.15) is 17.3 Å². The van der Waals surface area contributed by atoms with Gasteiger partial charge >= 0.3 is 6.18 Å². The SMILES string of the molecule is O=S(=O)(Nc1ccc(C(F)(F)F)c(-c2ccccc2Oc2ccccc2)n1)c1cccc(F)n1. The van der Waals surface area contributed by atoms with Crippen molar-refractivity contribution in [2.75, 3.05) is 4.72 Å². The molecule has 0 atom stereocenters. The standard InChI is InChI=1S/C23H15F4N3O3S/c24-19-11-6-12-21(28-19)34(31,32)30-20-14-13-17(23(25,26)27)22(29-20)16-9-4-5-10-18(16)33-15-7-2-1-3-8-15/h1-14H,(H,29,30). The number of anilines is 1. The van der Waals surface area contributed by atoms with Crippen molar-refractivity contribution in [3.05, 3.63) is 96.4 Å².